The standard InChI is InChI=1S/C10H13F2NO/c1-6(13)8-4-9(11)7(5-14-2)3-10(8)12/h3-4,6H,5,13H2,1-2H3. The molecule has 4 heteroatoms. The van der Waals surface area contributed by atoms with E-state index < -0.39 is 17.7 Å². The van der Waals surface area contributed by atoms with Crippen molar-refractivity contribution in [2.75, 3.05) is 7.11 Å². The van der Waals surface area contributed by atoms with Gasteiger partial charge in [-0.3, -0.25) is 0 Å². The second-order valence-electron chi connectivity index (χ2n) is 3.19. The number of methoxy groups -OCH3 is 1. The van der Waals surface area contributed by atoms with Crippen molar-refractivity contribution in [3.05, 3.63) is 34.9 Å². The minimum Gasteiger partial charge on any atom is -0.380 e. The Morgan fingerprint density at radius 2 is 2.00 bits per heavy atom. The molecule has 0 spiro atoms. The third-order valence-corrected chi connectivity index (χ3v) is 1.96. The molecule has 0 aromatic heterocycles. The quantitative estimate of drug-likeness (QED) is 0.813. The Balaban J connectivity index is 3.10. The van der Waals surface area contributed by atoms with Crippen molar-refractivity contribution in [3.8, 4) is 0 Å². The van der Waals surface area contributed by atoms with Crippen LogP contribution < -0.4 is 5.73 Å². The fourth-order valence-corrected chi connectivity index (χ4v) is 1.22. The molecule has 0 amide bonds. The van der Waals surface area contributed by atoms with Gasteiger partial charge in [0.1, 0.15) is 11.6 Å². The number of halogens is 2. The van der Waals surface area contributed by atoms with E-state index in [0.29, 0.717) is 0 Å². The van der Waals surface area contributed by atoms with Crippen molar-refractivity contribution < 1.29 is 13.5 Å². The summed E-state index contributed by atoms with van der Waals surface area (Å²) in [5.41, 5.74) is 5.86. The Labute approximate surface area is 81.7 Å². The molecule has 0 saturated carbocycles. The van der Waals surface area contributed by atoms with Gasteiger partial charge in [-0.2, -0.15) is 0 Å². The first-order chi connectivity index (χ1) is 6.56. The maximum Gasteiger partial charge on any atom is 0.129 e. The highest BCUT2D eigenvalue weighted by atomic mass is 19.1. The molecule has 14 heavy (non-hydrogen) atoms. The average molecular weight is 201 g/mol. The SMILES string of the molecule is COCc1cc(F)c(C(C)N)cc1F. The van der Waals surface area contributed by atoms with E-state index in [1.807, 2.05) is 0 Å². The van der Waals surface area contributed by atoms with Crippen molar-refractivity contribution in [1.82, 2.24) is 0 Å². The van der Waals surface area contributed by atoms with E-state index in [1.54, 1.807) is 6.92 Å². The zero-order valence-corrected chi connectivity index (χ0v) is 8.18. The van der Waals surface area contributed by atoms with Gasteiger partial charge in [0.15, 0.2) is 0 Å². The number of hydrogen-bond donors (Lipinski definition) is 1. The molecule has 1 atom stereocenters. The number of benzene rings is 1. The fourth-order valence-electron chi connectivity index (χ4n) is 1.22. The molecular formula is C10H13F2NO. The van der Waals surface area contributed by atoms with Gasteiger partial charge < -0.3 is 10.5 Å². The van der Waals surface area contributed by atoms with E-state index in [9.17, 15) is 8.78 Å². The Morgan fingerprint density at radius 3 is 2.50 bits per heavy atom. The molecular weight excluding hydrogens is 188 g/mol. The van der Waals surface area contributed by atoms with E-state index in [-0.39, 0.29) is 17.7 Å². The van der Waals surface area contributed by atoms with Gasteiger partial charge in [-0.1, -0.05) is 0 Å². The predicted octanol–water partition coefficient (Wildman–Crippen LogP) is 2.13. The summed E-state index contributed by atoms with van der Waals surface area (Å²) in [5, 5.41) is 0. The average Bonchev–Trinajstić information content (AvgIpc) is 2.10. The second-order valence-corrected chi connectivity index (χ2v) is 3.19. The van der Waals surface area contributed by atoms with Crippen molar-refractivity contribution in [1.29, 1.82) is 0 Å². The number of ether oxygens (including phenoxy) is 1. The molecule has 0 heterocycles. The van der Waals surface area contributed by atoms with Crippen LogP contribution in [0.5, 0.6) is 0 Å². The zero-order chi connectivity index (χ0) is 10.7. The Bertz CT molecular complexity index is 326. The second kappa shape index (κ2) is 4.48. The molecule has 2 N–H and O–H groups in total. The summed E-state index contributed by atoms with van der Waals surface area (Å²) in [6.07, 6.45) is 0. The van der Waals surface area contributed by atoms with Gasteiger partial charge in [0.25, 0.3) is 0 Å². The molecule has 0 fully saturated rings. The summed E-state index contributed by atoms with van der Waals surface area (Å²) in [4.78, 5) is 0. The lowest BCUT2D eigenvalue weighted by atomic mass is 10.1. The van der Waals surface area contributed by atoms with Crippen LogP contribution in [0.2, 0.25) is 0 Å². The summed E-state index contributed by atoms with van der Waals surface area (Å²) in [6.45, 7) is 1.66. The number of rotatable bonds is 3. The molecule has 1 rings (SSSR count). The molecule has 0 radical (unpaired) electrons. The minimum atomic E-state index is -0.513. The number of hydrogen-bond acceptors (Lipinski definition) is 2. The first-order valence-corrected chi connectivity index (χ1v) is 4.28. The van der Waals surface area contributed by atoms with Crippen LogP contribution in [0.3, 0.4) is 0 Å². The smallest absolute Gasteiger partial charge is 0.129 e. The van der Waals surface area contributed by atoms with Crippen LogP contribution in [0.15, 0.2) is 12.1 Å². The van der Waals surface area contributed by atoms with Crippen LogP contribution >= 0.6 is 0 Å². The lowest BCUT2D eigenvalue weighted by Gasteiger charge is -2.09. The highest BCUT2D eigenvalue weighted by Gasteiger charge is 2.12. The van der Waals surface area contributed by atoms with Crippen LogP contribution in [0, 0.1) is 11.6 Å². The lowest BCUT2D eigenvalue weighted by molar-refractivity contribution is 0.181. The molecule has 0 aliphatic carbocycles. The molecule has 78 valence electrons. The van der Waals surface area contributed by atoms with E-state index in [1.165, 1.54) is 7.11 Å². The summed E-state index contributed by atoms with van der Waals surface area (Å²) in [6, 6.07) is 1.73. The van der Waals surface area contributed by atoms with Gasteiger partial charge in [-0.15, -0.1) is 0 Å². The summed E-state index contributed by atoms with van der Waals surface area (Å²) in [5.74, 6) is -0.978. The van der Waals surface area contributed by atoms with Crippen molar-refractivity contribution in [2.24, 2.45) is 5.73 Å². The van der Waals surface area contributed by atoms with E-state index in [4.69, 9.17) is 10.5 Å². The van der Waals surface area contributed by atoms with Gasteiger partial charge in [0, 0.05) is 24.3 Å². The molecule has 0 bridgehead atoms. The van der Waals surface area contributed by atoms with Gasteiger partial charge in [-0.05, 0) is 19.1 Å². The fraction of sp³-hybridized carbons (Fsp3) is 0.400. The third-order valence-electron chi connectivity index (χ3n) is 1.96. The summed E-state index contributed by atoms with van der Waals surface area (Å²) >= 11 is 0. The normalized spacial score (nSPS) is 12.9. The zero-order valence-electron chi connectivity index (χ0n) is 8.18. The van der Waals surface area contributed by atoms with Crippen LogP contribution in [0.4, 0.5) is 8.78 Å². The Hall–Kier alpha value is -1.00. The molecule has 1 aromatic rings. The summed E-state index contributed by atoms with van der Waals surface area (Å²) in [7, 11) is 1.43. The van der Waals surface area contributed by atoms with Crippen LogP contribution in [0.1, 0.15) is 24.1 Å². The van der Waals surface area contributed by atoms with E-state index >= 15 is 0 Å². The van der Waals surface area contributed by atoms with Gasteiger partial charge in [0.2, 0.25) is 0 Å². The maximum atomic E-state index is 13.3. The Kier molecular flexibility index (Phi) is 3.55. The van der Waals surface area contributed by atoms with Gasteiger partial charge in [0.05, 0.1) is 6.61 Å². The molecule has 0 aliphatic heterocycles. The van der Waals surface area contributed by atoms with Crippen LogP contribution in [-0.2, 0) is 11.3 Å². The van der Waals surface area contributed by atoms with Crippen LogP contribution in [-0.4, -0.2) is 7.11 Å². The molecule has 1 unspecified atom stereocenters. The van der Waals surface area contributed by atoms with Crippen molar-refractivity contribution >= 4 is 0 Å². The predicted molar refractivity (Wildman–Crippen MR) is 49.7 cm³/mol. The van der Waals surface area contributed by atoms with E-state index in [0.717, 1.165) is 12.1 Å². The number of nitrogens with two attached hydrogens (primary N) is 1. The molecule has 1 aromatic carbocycles. The molecule has 2 nitrogen and oxygen atoms in total. The molecule has 0 saturated heterocycles. The van der Waals surface area contributed by atoms with E-state index in [2.05, 4.69) is 0 Å². The first-order valence-electron chi connectivity index (χ1n) is 4.28. The maximum absolute atomic E-state index is 13.3. The lowest BCUT2D eigenvalue weighted by Crippen LogP contribution is -2.09. The molecule has 0 aliphatic rings. The topological polar surface area (TPSA) is 35.2 Å². The third kappa shape index (κ3) is 2.27. The van der Waals surface area contributed by atoms with Gasteiger partial charge >= 0.3 is 0 Å². The summed E-state index contributed by atoms with van der Waals surface area (Å²) < 4.78 is 31.3. The Morgan fingerprint density at radius 1 is 1.36 bits per heavy atom. The van der Waals surface area contributed by atoms with Crippen molar-refractivity contribution in [2.45, 2.75) is 19.6 Å². The van der Waals surface area contributed by atoms with Crippen LogP contribution in [0.25, 0.3) is 0 Å². The highest BCUT2D eigenvalue weighted by Crippen LogP contribution is 2.19. The monoisotopic (exact) mass is 201 g/mol. The minimum absolute atomic E-state index is 0.0575. The van der Waals surface area contributed by atoms with Gasteiger partial charge in [-0.25, -0.2) is 8.78 Å². The van der Waals surface area contributed by atoms with Crippen molar-refractivity contribution in [3.63, 3.8) is 0 Å². The largest absolute Gasteiger partial charge is 0.380 e. The first kappa shape index (κ1) is 11.1. The highest BCUT2D eigenvalue weighted by molar-refractivity contribution is 5.27.